The summed E-state index contributed by atoms with van der Waals surface area (Å²) in [5.74, 6) is 0.278. The van der Waals surface area contributed by atoms with E-state index in [1.165, 1.54) is 4.90 Å². The van der Waals surface area contributed by atoms with Gasteiger partial charge in [-0.05, 0) is 19.1 Å². The third kappa shape index (κ3) is 4.85. The largest absolute Gasteiger partial charge is 0.401 e. The lowest BCUT2D eigenvalue weighted by atomic mass is 10.1. The smallest absolute Gasteiger partial charge is 0.340 e. The molecular weight excluding hydrogens is 361 g/mol. The van der Waals surface area contributed by atoms with Crippen LogP contribution in [0.2, 0.25) is 0 Å². The van der Waals surface area contributed by atoms with Gasteiger partial charge in [0.15, 0.2) is 0 Å². The molecule has 2 heterocycles. The van der Waals surface area contributed by atoms with Gasteiger partial charge in [-0.1, -0.05) is 12.1 Å². The van der Waals surface area contributed by atoms with Crippen molar-refractivity contribution in [2.45, 2.75) is 32.0 Å². The number of carbonyl (C=O) groups excluding carboxylic acids is 1. The first-order chi connectivity index (χ1) is 12.7. The van der Waals surface area contributed by atoms with Crippen molar-refractivity contribution in [2.75, 3.05) is 26.2 Å². The van der Waals surface area contributed by atoms with Crippen LogP contribution in [0.15, 0.2) is 29.1 Å². The number of hydrogen-bond acceptors (Lipinski definition) is 4. The molecule has 1 aliphatic heterocycles. The van der Waals surface area contributed by atoms with Gasteiger partial charge in [0.25, 0.3) is 5.56 Å². The lowest BCUT2D eigenvalue weighted by Gasteiger charge is -2.40. The molecule has 6 nitrogen and oxygen atoms in total. The third-order valence-corrected chi connectivity index (χ3v) is 4.74. The van der Waals surface area contributed by atoms with Crippen LogP contribution in [0.1, 0.15) is 19.2 Å². The van der Waals surface area contributed by atoms with Crippen LogP contribution in [0.5, 0.6) is 0 Å². The van der Waals surface area contributed by atoms with E-state index in [2.05, 4.69) is 9.97 Å². The molecule has 27 heavy (non-hydrogen) atoms. The van der Waals surface area contributed by atoms with Gasteiger partial charge in [-0.25, -0.2) is 4.98 Å². The number of para-hydroxylation sites is 1. The van der Waals surface area contributed by atoms with Gasteiger partial charge in [-0.15, -0.1) is 0 Å². The number of fused-ring (bicyclic) bond motifs is 1. The molecule has 2 aromatic rings. The fraction of sp³-hybridized carbons (Fsp3) is 0.500. The molecule has 1 saturated heterocycles. The minimum absolute atomic E-state index is 0.146. The summed E-state index contributed by atoms with van der Waals surface area (Å²) < 4.78 is 37.7. The predicted molar refractivity (Wildman–Crippen MR) is 94.4 cm³/mol. The number of halogens is 3. The van der Waals surface area contributed by atoms with Crippen molar-refractivity contribution >= 4 is 16.8 Å². The van der Waals surface area contributed by atoms with E-state index >= 15 is 0 Å². The first kappa shape index (κ1) is 19.3. The highest BCUT2D eigenvalue weighted by Gasteiger charge is 2.35. The number of carbonyl (C=O) groups is 1. The van der Waals surface area contributed by atoms with Crippen molar-refractivity contribution in [1.29, 1.82) is 0 Å². The van der Waals surface area contributed by atoms with Crippen molar-refractivity contribution in [1.82, 2.24) is 19.8 Å². The Morgan fingerprint density at radius 1 is 1.30 bits per heavy atom. The lowest BCUT2D eigenvalue weighted by molar-refractivity contribution is -0.157. The van der Waals surface area contributed by atoms with E-state index in [1.54, 1.807) is 36.1 Å². The highest BCUT2D eigenvalue weighted by Crippen LogP contribution is 2.20. The fourth-order valence-corrected chi connectivity index (χ4v) is 3.32. The number of rotatable bonds is 4. The molecule has 1 fully saturated rings. The number of nitrogens with zero attached hydrogens (tertiary/aromatic N) is 3. The molecule has 1 amide bonds. The summed E-state index contributed by atoms with van der Waals surface area (Å²) >= 11 is 0. The molecule has 1 aliphatic rings. The molecular formula is C18H21F3N4O2. The highest BCUT2D eigenvalue weighted by atomic mass is 19.4. The first-order valence-corrected chi connectivity index (χ1v) is 8.79. The molecule has 146 valence electrons. The normalized spacial score (nSPS) is 18.8. The van der Waals surface area contributed by atoms with Gasteiger partial charge in [-0.2, -0.15) is 13.2 Å². The number of benzene rings is 1. The van der Waals surface area contributed by atoms with Crippen LogP contribution in [0.3, 0.4) is 0 Å². The Hall–Kier alpha value is -2.42. The van der Waals surface area contributed by atoms with E-state index in [1.807, 2.05) is 0 Å². The van der Waals surface area contributed by atoms with Crippen molar-refractivity contribution in [3.05, 3.63) is 40.4 Å². The number of nitrogens with one attached hydrogen (secondary N) is 1. The average molecular weight is 382 g/mol. The van der Waals surface area contributed by atoms with Crippen LogP contribution < -0.4 is 5.56 Å². The molecule has 1 N–H and O–H groups in total. The number of piperazine rings is 1. The maximum absolute atomic E-state index is 12.6. The maximum atomic E-state index is 12.6. The Balaban J connectivity index is 1.58. The van der Waals surface area contributed by atoms with E-state index in [0.717, 1.165) is 0 Å². The van der Waals surface area contributed by atoms with Gasteiger partial charge < -0.3 is 9.88 Å². The van der Waals surface area contributed by atoms with Gasteiger partial charge in [0.1, 0.15) is 5.82 Å². The molecule has 0 aliphatic carbocycles. The summed E-state index contributed by atoms with van der Waals surface area (Å²) in [5, 5.41) is 0.488. The summed E-state index contributed by atoms with van der Waals surface area (Å²) in [5.41, 5.74) is 0.315. The van der Waals surface area contributed by atoms with Gasteiger partial charge in [0.2, 0.25) is 5.91 Å². The monoisotopic (exact) mass is 382 g/mol. The highest BCUT2D eigenvalue weighted by molar-refractivity contribution is 5.78. The number of aromatic nitrogens is 2. The second kappa shape index (κ2) is 7.67. The Morgan fingerprint density at radius 3 is 2.74 bits per heavy atom. The number of hydrogen-bond donors (Lipinski definition) is 1. The van der Waals surface area contributed by atoms with Crippen LogP contribution in [0, 0.1) is 0 Å². The van der Waals surface area contributed by atoms with Gasteiger partial charge >= 0.3 is 6.18 Å². The zero-order valence-corrected chi connectivity index (χ0v) is 14.9. The number of amides is 1. The summed E-state index contributed by atoms with van der Waals surface area (Å²) in [7, 11) is 0. The van der Waals surface area contributed by atoms with Gasteiger partial charge in [-0.3, -0.25) is 14.5 Å². The molecule has 1 aromatic heterocycles. The number of aromatic amines is 1. The third-order valence-electron chi connectivity index (χ3n) is 4.74. The average Bonchev–Trinajstić information content (AvgIpc) is 2.60. The van der Waals surface area contributed by atoms with Crippen LogP contribution >= 0.6 is 0 Å². The molecule has 0 spiro atoms. The molecule has 1 aromatic carbocycles. The zero-order valence-electron chi connectivity index (χ0n) is 14.9. The molecule has 1 atom stereocenters. The van der Waals surface area contributed by atoms with Crippen molar-refractivity contribution in [3.8, 4) is 0 Å². The minimum atomic E-state index is -4.24. The molecule has 0 bridgehead atoms. The summed E-state index contributed by atoms with van der Waals surface area (Å²) in [6.07, 6.45) is -3.82. The second-order valence-corrected chi connectivity index (χ2v) is 6.80. The van der Waals surface area contributed by atoms with Gasteiger partial charge in [0, 0.05) is 38.5 Å². The minimum Gasteiger partial charge on any atom is -0.340 e. The van der Waals surface area contributed by atoms with Crippen LogP contribution in [0.4, 0.5) is 13.2 Å². The van der Waals surface area contributed by atoms with E-state index in [4.69, 9.17) is 0 Å². The molecule has 3 rings (SSSR count). The number of aryl methyl sites for hydroxylation is 1. The molecule has 0 unspecified atom stereocenters. The van der Waals surface area contributed by atoms with Crippen LogP contribution in [-0.2, 0) is 11.2 Å². The van der Waals surface area contributed by atoms with E-state index in [-0.39, 0.29) is 50.0 Å². The molecule has 0 saturated carbocycles. The Labute approximate surface area is 154 Å². The SMILES string of the molecule is C[C@H]1CN(C(=O)CCc2nc3ccccc3c(=O)[nH]2)CCN1CC(F)(F)F. The van der Waals surface area contributed by atoms with Gasteiger partial charge in [0.05, 0.1) is 17.4 Å². The van der Waals surface area contributed by atoms with Crippen LogP contribution in [-0.4, -0.2) is 64.1 Å². The van der Waals surface area contributed by atoms with E-state index in [0.29, 0.717) is 16.7 Å². The van der Waals surface area contributed by atoms with E-state index in [9.17, 15) is 22.8 Å². The Bertz CT molecular complexity index is 881. The number of alkyl halides is 3. The van der Waals surface area contributed by atoms with E-state index < -0.39 is 12.7 Å². The lowest BCUT2D eigenvalue weighted by Crippen LogP contribution is -2.55. The Kier molecular flexibility index (Phi) is 5.50. The molecule has 0 radical (unpaired) electrons. The summed E-state index contributed by atoms with van der Waals surface area (Å²) in [4.78, 5) is 34.4. The number of H-pyrrole nitrogens is 1. The Morgan fingerprint density at radius 2 is 2.04 bits per heavy atom. The first-order valence-electron chi connectivity index (χ1n) is 8.79. The summed E-state index contributed by atoms with van der Waals surface area (Å²) in [6.45, 7) is 1.45. The second-order valence-electron chi connectivity index (χ2n) is 6.80. The zero-order chi connectivity index (χ0) is 19.6. The van der Waals surface area contributed by atoms with Crippen LogP contribution in [0.25, 0.3) is 10.9 Å². The van der Waals surface area contributed by atoms with Crippen molar-refractivity contribution in [2.24, 2.45) is 0 Å². The van der Waals surface area contributed by atoms with Crippen molar-refractivity contribution < 1.29 is 18.0 Å². The predicted octanol–water partition coefficient (Wildman–Crippen LogP) is 1.95. The van der Waals surface area contributed by atoms with Crippen molar-refractivity contribution in [3.63, 3.8) is 0 Å². The maximum Gasteiger partial charge on any atom is 0.401 e. The summed E-state index contributed by atoms with van der Waals surface area (Å²) in [6, 6.07) is 6.59. The quantitative estimate of drug-likeness (QED) is 0.878. The fourth-order valence-electron chi connectivity index (χ4n) is 3.32. The standard InChI is InChI=1S/C18H21F3N4O2/c1-12-10-24(8-9-25(12)11-18(19,20)21)16(26)7-6-15-22-14-5-3-2-4-13(14)17(27)23-15/h2-5,12H,6-11H2,1H3,(H,22,23,27)/t12-/m0/s1. The molecule has 9 heteroatoms. The topological polar surface area (TPSA) is 69.3 Å².